The van der Waals surface area contributed by atoms with Crippen molar-refractivity contribution in [1.29, 1.82) is 0 Å². The number of aromatic amines is 1. The van der Waals surface area contributed by atoms with Crippen molar-refractivity contribution in [2.45, 2.75) is 25.2 Å². The van der Waals surface area contributed by atoms with E-state index in [0.717, 1.165) is 24.2 Å². The SMILES string of the molecule is CNS(=O)(=O)CCc1ccc2[nH]cc(C3CCN(C)CC3)c2c1.[NaH]. The molecule has 0 spiro atoms. The summed E-state index contributed by atoms with van der Waals surface area (Å²) < 4.78 is 25.6. The Labute approximate surface area is 166 Å². The van der Waals surface area contributed by atoms with Gasteiger partial charge in [0.1, 0.15) is 0 Å². The minimum absolute atomic E-state index is 0. The number of H-pyrrole nitrogens is 1. The van der Waals surface area contributed by atoms with Crippen LogP contribution >= 0.6 is 0 Å². The van der Waals surface area contributed by atoms with Gasteiger partial charge in [-0.05, 0) is 75.6 Å². The van der Waals surface area contributed by atoms with Crippen LogP contribution in [0.2, 0.25) is 0 Å². The zero-order chi connectivity index (χ0) is 16.4. The van der Waals surface area contributed by atoms with Crippen molar-refractivity contribution >= 4 is 50.5 Å². The topological polar surface area (TPSA) is 65.2 Å². The molecule has 7 heteroatoms. The number of benzene rings is 1. The third kappa shape index (κ3) is 4.62. The van der Waals surface area contributed by atoms with Crippen molar-refractivity contribution in [1.82, 2.24) is 14.6 Å². The van der Waals surface area contributed by atoms with Gasteiger partial charge in [-0.3, -0.25) is 0 Å². The summed E-state index contributed by atoms with van der Waals surface area (Å²) in [6, 6.07) is 6.24. The Hall–Kier alpha value is -0.370. The van der Waals surface area contributed by atoms with Crippen LogP contribution in [0.25, 0.3) is 10.9 Å². The quantitative estimate of drug-likeness (QED) is 0.794. The molecule has 0 bridgehead atoms. The molecule has 2 N–H and O–H groups in total. The van der Waals surface area contributed by atoms with Gasteiger partial charge < -0.3 is 9.88 Å². The van der Waals surface area contributed by atoms with E-state index in [1.165, 1.54) is 30.8 Å². The van der Waals surface area contributed by atoms with E-state index < -0.39 is 10.0 Å². The molecule has 1 fully saturated rings. The number of aryl methyl sites for hydroxylation is 1. The van der Waals surface area contributed by atoms with Crippen LogP contribution in [0.15, 0.2) is 24.4 Å². The standard InChI is InChI=1S/C17H25N3O2S.Na.H/c1-18-23(21,22)10-7-13-3-4-17-15(11-13)16(12-19-17)14-5-8-20(2)9-6-14;;/h3-4,11-12,14,18-19H,5-10H2,1-2H3;;. The van der Waals surface area contributed by atoms with Crippen LogP contribution in [0.3, 0.4) is 0 Å². The fourth-order valence-corrected chi connectivity index (χ4v) is 4.07. The zero-order valence-electron chi connectivity index (χ0n) is 13.8. The predicted octanol–water partition coefficient (Wildman–Crippen LogP) is 1.42. The first-order valence-corrected chi connectivity index (χ1v) is 9.83. The van der Waals surface area contributed by atoms with Gasteiger partial charge in [0, 0.05) is 17.1 Å². The van der Waals surface area contributed by atoms with Crippen LogP contribution < -0.4 is 4.72 Å². The van der Waals surface area contributed by atoms with Crippen LogP contribution in [-0.2, 0) is 16.4 Å². The van der Waals surface area contributed by atoms with Crippen LogP contribution in [0, 0.1) is 0 Å². The maximum atomic E-state index is 11.6. The number of hydrogen-bond acceptors (Lipinski definition) is 3. The van der Waals surface area contributed by atoms with Crippen molar-refractivity contribution in [3.8, 4) is 0 Å². The second-order valence-electron chi connectivity index (χ2n) is 6.47. The molecule has 1 aromatic heterocycles. The number of likely N-dealkylation sites (tertiary alicyclic amines) is 1. The molecular formula is C17H26N3NaO2S. The van der Waals surface area contributed by atoms with Crippen molar-refractivity contribution in [2.24, 2.45) is 0 Å². The molecule has 128 valence electrons. The van der Waals surface area contributed by atoms with E-state index >= 15 is 0 Å². The molecule has 3 rings (SSSR count). The van der Waals surface area contributed by atoms with Crippen LogP contribution in [0.5, 0.6) is 0 Å². The second-order valence-corrected chi connectivity index (χ2v) is 8.52. The molecule has 0 unspecified atom stereocenters. The minimum atomic E-state index is -3.16. The number of fused-ring (bicyclic) bond motifs is 1. The van der Waals surface area contributed by atoms with E-state index in [9.17, 15) is 8.42 Å². The summed E-state index contributed by atoms with van der Waals surface area (Å²) in [5.41, 5.74) is 3.59. The van der Waals surface area contributed by atoms with Crippen molar-refractivity contribution in [3.05, 3.63) is 35.5 Å². The van der Waals surface area contributed by atoms with Crippen LogP contribution in [0.4, 0.5) is 0 Å². The Morgan fingerprint density at radius 3 is 2.67 bits per heavy atom. The Kier molecular flexibility index (Phi) is 6.93. The third-order valence-corrected chi connectivity index (χ3v) is 6.27. The molecule has 0 radical (unpaired) electrons. The van der Waals surface area contributed by atoms with E-state index in [-0.39, 0.29) is 35.3 Å². The monoisotopic (exact) mass is 359 g/mol. The van der Waals surface area contributed by atoms with Gasteiger partial charge in [-0.2, -0.15) is 0 Å². The molecule has 24 heavy (non-hydrogen) atoms. The first kappa shape index (κ1) is 19.9. The number of nitrogens with one attached hydrogen (secondary N) is 2. The van der Waals surface area contributed by atoms with Gasteiger partial charge in [0.2, 0.25) is 10.0 Å². The molecule has 0 aliphatic carbocycles. The summed E-state index contributed by atoms with van der Waals surface area (Å²) in [6.07, 6.45) is 5.04. The summed E-state index contributed by atoms with van der Waals surface area (Å²) in [5, 5.41) is 1.25. The van der Waals surface area contributed by atoms with E-state index in [0.29, 0.717) is 12.3 Å². The van der Waals surface area contributed by atoms with E-state index in [1.807, 2.05) is 6.07 Å². The number of piperidine rings is 1. The molecule has 0 saturated carbocycles. The average Bonchev–Trinajstić information content (AvgIpc) is 2.97. The molecule has 5 nitrogen and oxygen atoms in total. The molecule has 2 aromatic rings. The van der Waals surface area contributed by atoms with E-state index in [4.69, 9.17) is 0 Å². The number of sulfonamides is 1. The fourth-order valence-electron chi connectivity index (χ4n) is 3.36. The van der Waals surface area contributed by atoms with Crippen molar-refractivity contribution < 1.29 is 8.42 Å². The van der Waals surface area contributed by atoms with Gasteiger partial charge in [-0.1, -0.05) is 6.07 Å². The average molecular weight is 359 g/mol. The maximum absolute atomic E-state index is 11.6. The molecular weight excluding hydrogens is 333 g/mol. The van der Waals surface area contributed by atoms with E-state index in [2.05, 4.69) is 40.0 Å². The van der Waals surface area contributed by atoms with Gasteiger partial charge in [0.25, 0.3) is 0 Å². The van der Waals surface area contributed by atoms with Gasteiger partial charge in [0.05, 0.1) is 5.75 Å². The van der Waals surface area contributed by atoms with Crippen LogP contribution in [-0.4, -0.2) is 80.8 Å². The van der Waals surface area contributed by atoms with E-state index in [1.54, 1.807) is 0 Å². The summed E-state index contributed by atoms with van der Waals surface area (Å²) >= 11 is 0. The molecule has 1 aromatic carbocycles. The molecule has 0 atom stereocenters. The summed E-state index contributed by atoms with van der Waals surface area (Å²) in [5.74, 6) is 0.722. The molecule has 1 saturated heterocycles. The Balaban J connectivity index is 0.00000208. The molecule has 0 amide bonds. The summed E-state index contributed by atoms with van der Waals surface area (Å²) in [4.78, 5) is 5.74. The normalized spacial score (nSPS) is 17.1. The first-order chi connectivity index (χ1) is 11.0. The third-order valence-electron chi connectivity index (χ3n) is 4.91. The van der Waals surface area contributed by atoms with Gasteiger partial charge in [-0.25, -0.2) is 13.1 Å². The van der Waals surface area contributed by atoms with Crippen molar-refractivity contribution in [2.75, 3.05) is 32.9 Å². The Morgan fingerprint density at radius 1 is 1.29 bits per heavy atom. The van der Waals surface area contributed by atoms with Crippen LogP contribution in [0.1, 0.15) is 29.9 Å². The number of nitrogens with zero attached hydrogens (tertiary/aromatic N) is 1. The zero-order valence-corrected chi connectivity index (χ0v) is 14.6. The number of hydrogen-bond donors (Lipinski definition) is 2. The van der Waals surface area contributed by atoms with Gasteiger partial charge in [0.15, 0.2) is 0 Å². The Bertz CT molecular complexity index is 780. The molecule has 2 heterocycles. The second kappa shape index (κ2) is 8.34. The summed E-state index contributed by atoms with van der Waals surface area (Å²) in [7, 11) is 0.476. The van der Waals surface area contributed by atoms with Crippen molar-refractivity contribution in [3.63, 3.8) is 0 Å². The number of rotatable bonds is 5. The Morgan fingerprint density at radius 2 is 2.00 bits per heavy atom. The van der Waals surface area contributed by atoms with Gasteiger partial charge in [-0.15, -0.1) is 0 Å². The predicted molar refractivity (Wildman–Crippen MR) is 101 cm³/mol. The number of aromatic nitrogens is 1. The molecule has 1 aliphatic rings. The first-order valence-electron chi connectivity index (χ1n) is 8.18. The summed E-state index contributed by atoms with van der Waals surface area (Å²) in [6.45, 7) is 2.27. The fraction of sp³-hybridized carbons (Fsp3) is 0.529. The van der Waals surface area contributed by atoms with Gasteiger partial charge >= 0.3 is 29.6 Å². The molecule has 1 aliphatic heterocycles.